The van der Waals surface area contributed by atoms with Crippen LogP contribution < -0.4 is 5.32 Å². The Morgan fingerprint density at radius 3 is 2.78 bits per heavy atom. The summed E-state index contributed by atoms with van der Waals surface area (Å²) in [5.41, 5.74) is 0.208. The van der Waals surface area contributed by atoms with Crippen molar-refractivity contribution in [1.82, 2.24) is 19.6 Å². The standard InChI is InChI=1S/C9H9F4N5/c1-5-16-17-7-6(14-2-3-18(5)7)15-4-9(12,13)8(10)11/h2-3,8H,4H2,1H3,(H,14,15). The molecular weight excluding hydrogens is 254 g/mol. The lowest BCUT2D eigenvalue weighted by Crippen LogP contribution is -2.35. The highest BCUT2D eigenvalue weighted by Gasteiger charge is 2.40. The van der Waals surface area contributed by atoms with Gasteiger partial charge < -0.3 is 5.32 Å². The normalized spacial score (nSPS) is 12.3. The summed E-state index contributed by atoms with van der Waals surface area (Å²) in [7, 11) is 0. The molecule has 0 fully saturated rings. The molecular formula is C9H9F4N5. The number of hydrogen-bond acceptors (Lipinski definition) is 4. The second-order valence-corrected chi connectivity index (χ2v) is 3.63. The van der Waals surface area contributed by atoms with Gasteiger partial charge in [0.25, 0.3) is 0 Å². The van der Waals surface area contributed by atoms with Crippen molar-refractivity contribution >= 4 is 11.5 Å². The van der Waals surface area contributed by atoms with E-state index in [-0.39, 0.29) is 11.5 Å². The molecule has 0 amide bonds. The summed E-state index contributed by atoms with van der Waals surface area (Å²) in [5.74, 6) is -3.60. The van der Waals surface area contributed by atoms with Gasteiger partial charge >= 0.3 is 12.3 Å². The second-order valence-electron chi connectivity index (χ2n) is 3.63. The lowest BCUT2D eigenvalue weighted by molar-refractivity contribution is -0.117. The average molecular weight is 263 g/mol. The maximum absolute atomic E-state index is 12.8. The number of rotatable bonds is 4. The van der Waals surface area contributed by atoms with Crippen molar-refractivity contribution in [2.24, 2.45) is 0 Å². The Labute approximate surface area is 98.8 Å². The molecule has 0 unspecified atom stereocenters. The third-order valence-electron chi connectivity index (χ3n) is 2.31. The minimum Gasteiger partial charge on any atom is -0.361 e. The minimum absolute atomic E-state index is 0.0153. The molecule has 2 aromatic rings. The van der Waals surface area contributed by atoms with Crippen molar-refractivity contribution in [1.29, 1.82) is 0 Å². The molecule has 0 aliphatic rings. The summed E-state index contributed by atoms with van der Waals surface area (Å²) < 4.78 is 51.0. The number of aryl methyl sites for hydroxylation is 1. The van der Waals surface area contributed by atoms with Crippen LogP contribution in [0.3, 0.4) is 0 Å². The van der Waals surface area contributed by atoms with E-state index in [1.54, 1.807) is 13.1 Å². The maximum atomic E-state index is 12.8. The highest BCUT2D eigenvalue weighted by Crippen LogP contribution is 2.23. The van der Waals surface area contributed by atoms with E-state index in [0.717, 1.165) is 0 Å². The van der Waals surface area contributed by atoms with Gasteiger partial charge in [0, 0.05) is 12.4 Å². The van der Waals surface area contributed by atoms with Gasteiger partial charge in [-0.15, -0.1) is 10.2 Å². The summed E-state index contributed by atoms with van der Waals surface area (Å²) in [5, 5.41) is 9.61. The Balaban J connectivity index is 2.23. The number of aromatic nitrogens is 4. The molecule has 0 atom stereocenters. The van der Waals surface area contributed by atoms with E-state index in [0.29, 0.717) is 5.82 Å². The summed E-state index contributed by atoms with van der Waals surface area (Å²) in [6.07, 6.45) is -0.850. The molecule has 0 spiro atoms. The SMILES string of the molecule is Cc1nnc2c(NCC(F)(F)C(F)F)nccn12. The van der Waals surface area contributed by atoms with Crippen LogP contribution in [-0.2, 0) is 0 Å². The van der Waals surface area contributed by atoms with Crippen molar-refractivity contribution in [3.8, 4) is 0 Å². The Kier molecular flexibility index (Phi) is 3.05. The van der Waals surface area contributed by atoms with Crippen LogP contribution in [0, 0.1) is 6.92 Å². The summed E-state index contributed by atoms with van der Waals surface area (Å²) in [6.45, 7) is 0.445. The first-order valence-corrected chi connectivity index (χ1v) is 4.98. The second kappa shape index (κ2) is 4.39. The van der Waals surface area contributed by atoms with Crippen molar-refractivity contribution in [2.75, 3.05) is 11.9 Å². The van der Waals surface area contributed by atoms with Crippen LogP contribution in [0.15, 0.2) is 12.4 Å². The van der Waals surface area contributed by atoms with Gasteiger partial charge in [0.1, 0.15) is 5.82 Å². The molecule has 98 valence electrons. The number of alkyl halides is 4. The first kappa shape index (κ1) is 12.5. The largest absolute Gasteiger partial charge is 0.361 e. The number of nitrogens with zero attached hydrogens (tertiary/aromatic N) is 4. The van der Waals surface area contributed by atoms with Crippen molar-refractivity contribution in [3.63, 3.8) is 0 Å². The van der Waals surface area contributed by atoms with E-state index in [1.165, 1.54) is 10.6 Å². The Hall–Kier alpha value is -1.93. The predicted molar refractivity (Wildman–Crippen MR) is 55.0 cm³/mol. The summed E-state index contributed by atoms with van der Waals surface area (Å²) >= 11 is 0. The molecule has 2 heterocycles. The minimum atomic E-state index is -4.12. The lowest BCUT2D eigenvalue weighted by atomic mass is 10.3. The molecule has 0 bridgehead atoms. The molecule has 1 N–H and O–H groups in total. The van der Waals surface area contributed by atoms with Crippen LogP contribution in [0.2, 0.25) is 0 Å². The number of fused-ring (bicyclic) bond motifs is 1. The molecule has 0 radical (unpaired) electrons. The molecule has 0 aliphatic carbocycles. The van der Waals surface area contributed by atoms with Gasteiger partial charge in [-0.3, -0.25) is 4.40 Å². The fourth-order valence-corrected chi connectivity index (χ4v) is 1.34. The molecule has 0 aromatic carbocycles. The molecule has 2 rings (SSSR count). The zero-order valence-corrected chi connectivity index (χ0v) is 9.24. The smallest absolute Gasteiger partial charge is 0.324 e. The molecule has 0 saturated heterocycles. The maximum Gasteiger partial charge on any atom is 0.324 e. The fourth-order valence-electron chi connectivity index (χ4n) is 1.34. The van der Waals surface area contributed by atoms with Crippen LogP contribution in [0.5, 0.6) is 0 Å². The highest BCUT2D eigenvalue weighted by molar-refractivity contribution is 5.62. The molecule has 0 aliphatic heterocycles. The monoisotopic (exact) mass is 263 g/mol. The third-order valence-corrected chi connectivity index (χ3v) is 2.31. The van der Waals surface area contributed by atoms with Gasteiger partial charge in [-0.25, -0.2) is 13.8 Å². The van der Waals surface area contributed by atoms with Gasteiger partial charge in [0.2, 0.25) is 5.65 Å². The molecule has 18 heavy (non-hydrogen) atoms. The quantitative estimate of drug-likeness (QED) is 0.854. The average Bonchev–Trinajstić information content (AvgIpc) is 2.69. The van der Waals surface area contributed by atoms with Crippen molar-refractivity contribution < 1.29 is 17.6 Å². The first-order chi connectivity index (χ1) is 8.42. The lowest BCUT2D eigenvalue weighted by Gasteiger charge is -2.16. The van der Waals surface area contributed by atoms with Gasteiger partial charge in [-0.2, -0.15) is 8.78 Å². The third kappa shape index (κ3) is 2.20. The van der Waals surface area contributed by atoms with Crippen LogP contribution in [-0.4, -0.2) is 38.5 Å². The van der Waals surface area contributed by atoms with Gasteiger partial charge in [-0.05, 0) is 6.92 Å². The Bertz CT molecular complexity index is 553. The van der Waals surface area contributed by atoms with E-state index < -0.39 is 18.9 Å². The van der Waals surface area contributed by atoms with E-state index in [1.807, 2.05) is 0 Å². The van der Waals surface area contributed by atoms with Crippen LogP contribution >= 0.6 is 0 Å². The molecule has 5 nitrogen and oxygen atoms in total. The zero-order valence-electron chi connectivity index (χ0n) is 9.24. The van der Waals surface area contributed by atoms with Crippen LogP contribution in [0.1, 0.15) is 5.82 Å². The summed E-state index contributed by atoms with van der Waals surface area (Å²) in [6, 6.07) is 0. The number of halogens is 4. The zero-order chi connectivity index (χ0) is 13.3. The topological polar surface area (TPSA) is 55.1 Å². The number of hydrogen-bond donors (Lipinski definition) is 1. The summed E-state index contributed by atoms with van der Waals surface area (Å²) in [4.78, 5) is 3.77. The van der Waals surface area contributed by atoms with E-state index in [2.05, 4.69) is 20.5 Å². The van der Waals surface area contributed by atoms with Crippen molar-refractivity contribution in [2.45, 2.75) is 19.3 Å². The van der Waals surface area contributed by atoms with Gasteiger partial charge in [0.15, 0.2) is 5.82 Å². The van der Waals surface area contributed by atoms with E-state index in [4.69, 9.17) is 0 Å². The van der Waals surface area contributed by atoms with Gasteiger partial charge in [0.05, 0.1) is 6.54 Å². The Morgan fingerprint density at radius 2 is 2.11 bits per heavy atom. The van der Waals surface area contributed by atoms with Crippen LogP contribution in [0.25, 0.3) is 5.65 Å². The molecule has 0 saturated carbocycles. The fraction of sp³-hybridized carbons (Fsp3) is 0.444. The molecule has 2 aromatic heterocycles. The number of anilines is 1. The number of nitrogens with one attached hydrogen (secondary N) is 1. The first-order valence-electron chi connectivity index (χ1n) is 4.98. The van der Waals surface area contributed by atoms with E-state index >= 15 is 0 Å². The van der Waals surface area contributed by atoms with Gasteiger partial charge in [-0.1, -0.05) is 0 Å². The van der Waals surface area contributed by atoms with Crippen LogP contribution in [0.4, 0.5) is 23.4 Å². The predicted octanol–water partition coefficient (Wildman–Crippen LogP) is 1.75. The van der Waals surface area contributed by atoms with Crippen molar-refractivity contribution in [3.05, 3.63) is 18.2 Å². The highest BCUT2D eigenvalue weighted by atomic mass is 19.3. The molecule has 9 heteroatoms. The van der Waals surface area contributed by atoms with E-state index in [9.17, 15) is 17.6 Å². The Morgan fingerprint density at radius 1 is 1.39 bits per heavy atom.